The summed E-state index contributed by atoms with van der Waals surface area (Å²) in [4.78, 5) is 15.4. The normalized spacial score (nSPS) is 15.7. The number of rotatable bonds is 4. The molecule has 1 aromatic heterocycles. The lowest BCUT2D eigenvalue weighted by atomic mass is 10.0. The van der Waals surface area contributed by atoms with Gasteiger partial charge in [-0.1, -0.05) is 0 Å². The topological polar surface area (TPSA) is 80.7 Å². The number of ether oxygens (including phenoxy) is 2. The molecule has 2 unspecified atom stereocenters. The summed E-state index contributed by atoms with van der Waals surface area (Å²) in [5, 5.41) is 14.1. The van der Waals surface area contributed by atoms with Crippen LogP contribution >= 0.6 is 0 Å². The highest BCUT2D eigenvalue weighted by molar-refractivity contribution is 5.94. The van der Waals surface area contributed by atoms with E-state index in [2.05, 4.69) is 10.3 Å². The largest absolute Gasteiger partial charge is 0.481 e. The first-order chi connectivity index (χ1) is 10.1. The fraction of sp³-hybridized carbons (Fsp3) is 0.333. The van der Waals surface area contributed by atoms with Crippen LogP contribution in [0.2, 0.25) is 0 Å². The average molecular weight is 288 g/mol. The number of carbonyl (C=O) groups is 1. The molecule has 2 heterocycles. The zero-order valence-corrected chi connectivity index (χ0v) is 11.8. The molecular formula is C15H16N2O4. The minimum atomic E-state index is -0.840. The summed E-state index contributed by atoms with van der Waals surface area (Å²) in [7, 11) is 0. The molecule has 0 aliphatic carbocycles. The van der Waals surface area contributed by atoms with Crippen molar-refractivity contribution in [2.45, 2.75) is 19.9 Å². The Morgan fingerprint density at radius 2 is 2.05 bits per heavy atom. The summed E-state index contributed by atoms with van der Waals surface area (Å²) in [6.45, 7) is 3.71. The summed E-state index contributed by atoms with van der Waals surface area (Å²) in [6.07, 6.45) is 1.69. The molecule has 0 bridgehead atoms. The Labute approximate surface area is 121 Å². The summed E-state index contributed by atoms with van der Waals surface area (Å²) >= 11 is 0. The first kappa shape index (κ1) is 13.5. The molecular weight excluding hydrogens is 272 g/mol. The van der Waals surface area contributed by atoms with E-state index in [1.54, 1.807) is 13.1 Å². The number of carboxylic acids is 1. The third kappa shape index (κ3) is 2.44. The second-order valence-corrected chi connectivity index (χ2v) is 5.15. The van der Waals surface area contributed by atoms with Gasteiger partial charge in [-0.05, 0) is 37.4 Å². The van der Waals surface area contributed by atoms with Gasteiger partial charge in [0.2, 0.25) is 6.79 Å². The van der Waals surface area contributed by atoms with Gasteiger partial charge in [-0.2, -0.15) is 0 Å². The van der Waals surface area contributed by atoms with Gasteiger partial charge >= 0.3 is 5.97 Å². The number of aliphatic carboxylic acids is 1. The highest BCUT2D eigenvalue weighted by atomic mass is 16.7. The van der Waals surface area contributed by atoms with E-state index in [1.807, 2.05) is 25.1 Å². The Hall–Kier alpha value is -2.50. The molecule has 0 radical (unpaired) electrons. The fourth-order valence-electron chi connectivity index (χ4n) is 2.23. The quantitative estimate of drug-likeness (QED) is 0.899. The van der Waals surface area contributed by atoms with Crippen molar-refractivity contribution < 1.29 is 19.4 Å². The Kier molecular flexibility index (Phi) is 3.29. The van der Waals surface area contributed by atoms with Gasteiger partial charge in [-0.3, -0.25) is 4.79 Å². The Balaban J connectivity index is 1.97. The summed E-state index contributed by atoms with van der Waals surface area (Å²) in [5.74, 6) is 0.680. The van der Waals surface area contributed by atoms with Gasteiger partial charge in [0.1, 0.15) is 5.82 Å². The number of carboxylic acid groups (broad SMARTS) is 1. The van der Waals surface area contributed by atoms with E-state index < -0.39 is 11.9 Å². The predicted octanol–water partition coefficient (Wildman–Crippen LogP) is 2.48. The monoisotopic (exact) mass is 288 g/mol. The maximum Gasteiger partial charge on any atom is 0.308 e. The van der Waals surface area contributed by atoms with E-state index in [0.29, 0.717) is 17.3 Å². The van der Waals surface area contributed by atoms with Gasteiger partial charge in [-0.25, -0.2) is 4.98 Å². The van der Waals surface area contributed by atoms with Crippen LogP contribution in [0.15, 0.2) is 24.4 Å². The predicted molar refractivity (Wildman–Crippen MR) is 77.8 cm³/mol. The lowest BCUT2D eigenvalue weighted by molar-refractivity contribution is -0.141. The minimum absolute atomic E-state index is 0.217. The first-order valence-corrected chi connectivity index (χ1v) is 6.74. The van der Waals surface area contributed by atoms with Crippen LogP contribution in [0.1, 0.15) is 13.8 Å². The van der Waals surface area contributed by atoms with Gasteiger partial charge in [0, 0.05) is 17.6 Å². The van der Waals surface area contributed by atoms with Gasteiger partial charge < -0.3 is 19.9 Å². The van der Waals surface area contributed by atoms with Crippen LogP contribution in [0.25, 0.3) is 10.8 Å². The van der Waals surface area contributed by atoms with E-state index in [4.69, 9.17) is 14.6 Å². The van der Waals surface area contributed by atoms with E-state index in [1.165, 1.54) is 0 Å². The molecule has 2 N–H and O–H groups in total. The molecule has 2 aromatic rings. The van der Waals surface area contributed by atoms with Crippen LogP contribution in [0.4, 0.5) is 5.82 Å². The molecule has 2 atom stereocenters. The van der Waals surface area contributed by atoms with Gasteiger partial charge in [0.25, 0.3) is 0 Å². The molecule has 0 saturated carbocycles. The Morgan fingerprint density at radius 3 is 2.76 bits per heavy atom. The molecule has 21 heavy (non-hydrogen) atoms. The number of pyridine rings is 1. The Bertz CT molecular complexity index is 701. The highest BCUT2D eigenvalue weighted by Crippen LogP contribution is 2.37. The molecule has 0 saturated heterocycles. The minimum Gasteiger partial charge on any atom is -0.481 e. The highest BCUT2D eigenvalue weighted by Gasteiger charge is 2.21. The van der Waals surface area contributed by atoms with Crippen molar-refractivity contribution in [1.29, 1.82) is 0 Å². The van der Waals surface area contributed by atoms with Crippen molar-refractivity contribution in [2.75, 3.05) is 12.1 Å². The number of benzene rings is 1. The zero-order valence-electron chi connectivity index (χ0n) is 11.8. The first-order valence-electron chi connectivity index (χ1n) is 6.74. The van der Waals surface area contributed by atoms with Gasteiger partial charge in [-0.15, -0.1) is 0 Å². The fourth-order valence-corrected chi connectivity index (χ4v) is 2.23. The van der Waals surface area contributed by atoms with Crippen molar-refractivity contribution in [3.8, 4) is 11.5 Å². The molecule has 1 aliphatic rings. The van der Waals surface area contributed by atoms with E-state index in [9.17, 15) is 4.79 Å². The van der Waals surface area contributed by atoms with Gasteiger partial charge in [0.05, 0.1) is 5.92 Å². The number of aromatic nitrogens is 1. The zero-order chi connectivity index (χ0) is 15.0. The second-order valence-electron chi connectivity index (χ2n) is 5.15. The third-order valence-electron chi connectivity index (χ3n) is 3.76. The van der Waals surface area contributed by atoms with Crippen LogP contribution < -0.4 is 14.8 Å². The van der Waals surface area contributed by atoms with Gasteiger partial charge in [0.15, 0.2) is 11.5 Å². The number of anilines is 1. The van der Waals surface area contributed by atoms with Crippen LogP contribution in [-0.2, 0) is 4.79 Å². The molecule has 110 valence electrons. The van der Waals surface area contributed by atoms with E-state index >= 15 is 0 Å². The molecule has 6 heteroatoms. The number of nitrogens with one attached hydrogen (secondary N) is 1. The second kappa shape index (κ2) is 5.12. The average Bonchev–Trinajstić information content (AvgIpc) is 2.91. The van der Waals surface area contributed by atoms with Crippen molar-refractivity contribution in [3.63, 3.8) is 0 Å². The third-order valence-corrected chi connectivity index (χ3v) is 3.76. The van der Waals surface area contributed by atoms with Crippen molar-refractivity contribution in [1.82, 2.24) is 4.98 Å². The number of nitrogens with zero attached hydrogens (tertiary/aromatic N) is 1. The molecule has 1 aliphatic heterocycles. The molecule has 0 amide bonds. The van der Waals surface area contributed by atoms with E-state index in [0.717, 1.165) is 10.8 Å². The lowest BCUT2D eigenvalue weighted by Crippen LogP contribution is -2.30. The van der Waals surface area contributed by atoms with Crippen molar-refractivity contribution >= 4 is 22.6 Å². The number of hydrogen-bond acceptors (Lipinski definition) is 5. The SMILES string of the molecule is CC(Nc1nccc2cc3c(cc12)OCO3)C(C)C(=O)O. The smallest absolute Gasteiger partial charge is 0.308 e. The number of fused-ring (bicyclic) bond motifs is 2. The van der Waals surface area contributed by atoms with Crippen molar-refractivity contribution in [3.05, 3.63) is 24.4 Å². The van der Waals surface area contributed by atoms with Crippen molar-refractivity contribution in [2.24, 2.45) is 5.92 Å². The Morgan fingerprint density at radius 1 is 1.33 bits per heavy atom. The summed E-state index contributed by atoms with van der Waals surface area (Å²) in [6, 6.07) is 5.40. The standard InChI is InChI=1S/C15H16N2O4/c1-8(15(18)19)9(2)17-14-11-6-13-12(20-7-21-13)5-10(11)3-4-16-14/h3-6,8-9H,7H2,1-2H3,(H,16,17)(H,18,19). The van der Waals surface area contributed by atoms with Crippen LogP contribution in [-0.4, -0.2) is 28.9 Å². The van der Waals surface area contributed by atoms with Crippen LogP contribution in [0.3, 0.4) is 0 Å². The molecule has 1 aromatic carbocycles. The number of hydrogen-bond donors (Lipinski definition) is 2. The van der Waals surface area contributed by atoms with Crippen LogP contribution in [0.5, 0.6) is 11.5 Å². The maximum absolute atomic E-state index is 11.1. The molecule has 0 spiro atoms. The molecule has 0 fully saturated rings. The summed E-state index contributed by atoms with van der Waals surface area (Å²) in [5.41, 5.74) is 0. The lowest BCUT2D eigenvalue weighted by Gasteiger charge is -2.19. The maximum atomic E-state index is 11.1. The summed E-state index contributed by atoms with van der Waals surface area (Å²) < 4.78 is 10.7. The van der Waals surface area contributed by atoms with Crippen LogP contribution in [0, 0.1) is 5.92 Å². The molecule has 6 nitrogen and oxygen atoms in total. The van der Waals surface area contributed by atoms with E-state index in [-0.39, 0.29) is 12.8 Å². The molecule has 3 rings (SSSR count).